The maximum atomic E-state index is 11.7. The monoisotopic (exact) mass is 206 g/mol. The van der Waals surface area contributed by atoms with E-state index < -0.39 is 6.10 Å². The van der Waals surface area contributed by atoms with Crippen LogP contribution in [0.1, 0.15) is 37.0 Å². The minimum Gasteiger partial charge on any atom is -0.385 e. The zero-order valence-electron chi connectivity index (χ0n) is 9.31. The van der Waals surface area contributed by atoms with Gasteiger partial charge in [0.1, 0.15) is 6.10 Å². The Balaban J connectivity index is 2.61. The van der Waals surface area contributed by atoms with Crippen LogP contribution >= 0.6 is 0 Å². The van der Waals surface area contributed by atoms with Gasteiger partial charge >= 0.3 is 0 Å². The number of hydrogen-bond acceptors (Lipinski definition) is 2. The Labute approximate surface area is 90.9 Å². The first kappa shape index (κ1) is 11.9. The van der Waals surface area contributed by atoms with Gasteiger partial charge in [-0.25, -0.2) is 0 Å². The van der Waals surface area contributed by atoms with Crippen LogP contribution in [0.25, 0.3) is 0 Å². The summed E-state index contributed by atoms with van der Waals surface area (Å²) in [5, 5.41) is 9.72. The number of carbonyl (C=O) groups excluding carboxylic acids is 1. The highest BCUT2D eigenvalue weighted by Crippen LogP contribution is 2.13. The number of Topliss-reactive ketones (excluding diaryl/α,β-unsaturated/α-hetero) is 1. The molecule has 15 heavy (non-hydrogen) atoms. The molecule has 0 aliphatic heterocycles. The number of ketones is 1. The summed E-state index contributed by atoms with van der Waals surface area (Å²) in [6.07, 6.45) is 0.672. The predicted molar refractivity (Wildman–Crippen MR) is 60.9 cm³/mol. The Hall–Kier alpha value is -1.15. The number of aliphatic hydroxyl groups excluding tert-OH is 1. The second-order valence-electron chi connectivity index (χ2n) is 4.00. The normalized spacial score (nSPS) is 14.6. The smallest absolute Gasteiger partial charge is 0.191 e. The van der Waals surface area contributed by atoms with Gasteiger partial charge in [-0.05, 0) is 12.3 Å². The maximum absolute atomic E-state index is 11.7. The van der Waals surface area contributed by atoms with Gasteiger partial charge < -0.3 is 5.11 Å². The molecule has 2 atom stereocenters. The molecule has 1 aromatic carbocycles. The molecule has 2 nitrogen and oxygen atoms in total. The van der Waals surface area contributed by atoms with Crippen molar-refractivity contribution in [3.8, 4) is 0 Å². The quantitative estimate of drug-likeness (QED) is 0.752. The number of carbonyl (C=O) groups is 1. The van der Waals surface area contributed by atoms with E-state index in [0.717, 1.165) is 6.42 Å². The molecule has 0 saturated carbocycles. The van der Waals surface area contributed by atoms with Crippen LogP contribution in [-0.4, -0.2) is 17.0 Å². The number of rotatable bonds is 5. The molecule has 0 bridgehead atoms. The van der Waals surface area contributed by atoms with Gasteiger partial charge in [0.25, 0.3) is 0 Å². The third-order valence-electron chi connectivity index (χ3n) is 2.68. The van der Waals surface area contributed by atoms with Gasteiger partial charge in [0.05, 0.1) is 0 Å². The lowest BCUT2D eigenvalue weighted by Gasteiger charge is -2.13. The molecule has 2 unspecified atom stereocenters. The third kappa shape index (κ3) is 3.48. The Morgan fingerprint density at radius 2 is 1.93 bits per heavy atom. The van der Waals surface area contributed by atoms with Crippen LogP contribution in [-0.2, 0) is 0 Å². The zero-order chi connectivity index (χ0) is 11.3. The molecular weight excluding hydrogens is 188 g/mol. The molecule has 0 spiro atoms. The van der Waals surface area contributed by atoms with E-state index in [1.807, 2.05) is 25.1 Å². The molecule has 1 rings (SSSR count). The number of hydrogen-bond donors (Lipinski definition) is 1. The SMILES string of the molecule is CCC(C)CC(O)C(=O)c1ccccc1. The van der Waals surface area contributed by atoms with E-state index in [1.165, 1.54) is 0 Å². The highest BCUT2D eigenvalue weighted by Gasteiger charge is 2.18. The van der Waals surface area contributed by atoms with Crippen molar-refractivity contribution in [2.45, 2.75) is 32.8 Å². The molecule has 0 aromatic heterocycles. The molecule has 0 aliphatic rings. The molecule has 82 valence electrons. The van der Waals surface area contributed by atoms with Crippen molar-refractivity contribution in [3.05, 3.63) is 35.9 Å². The standard InChI is InChI=1S/C13H18O2/c1-3-10(2)9-12(14)13(15)11-7-5-4-6-8-11/h4-8,10,12,14H,3,9H2,1-2H3. The largest absolute Gasteiger partial charge is 0.385 e. The number of aliphatic hydroxyl groups is 1. The van der Waals surface area contributed by atoms with Crippen LogP contribution in [0.4, 0.5) is 0 Å². The summed E-state index contributed by atoms with van der Waals surface area (Å²) in [4.78, 5) is 11.7. The first-order chi connectivity index (χ1) is 7.15. The number of benzene rings is 1. The minimum absolute atomic E-state index is 0.170. The Morgan fingerprint density at radius 3 is 2.47 bits per heavy atom. The van der Waals surface area contributed by atoms with E-state index in [0.29, 0.717) is 17.9 Å². The fourth-order valence-corrected chi connectivity index (χ4v) is 1.45. The average molecular weight is 206 g/mol. The van der Waals surface area contributed by atoms with E-state index in [9.17, 15) is 9.90 Å². The van der Waals surface area contributed by atoms with E-state index in [-0.39, 0.29) is 5.78 Å². The lowest BCUT2D eigenvalue weighted by atomic mass is 9.96. The summed E-state index contributed by atoms with van der Waals surface area (Å²) < 4.78 is 0. The Morgan fingerprint density at radius 1 is 1.33 bits per heavy atom. The first-order valence-electron chi connectivity index (χ1n) is 5.42. The van der Waals surface area contributed by atoms with Crippen molar-refractivity contribution >= 4 is 5.78 Å². The second-order valence-corrected chi connectivity index (χ2v) is 4.00. The highest BCUT2D eigenvalue weighted by atomic mass is 16.3. The minimum atomic E-state index is -0.859. The van der Waals surface area contributed by atoms with Gasteiger partial charge in [-0.15, -0.1) is 0 Å². The molecule has 1 N–H and O–H groups in total. The van der Waals surface area contributed by atoms with E-state index >= 15 is 0 Å². The van der Waals surface area contributed by atoms with Crippen molar-refractivity contribution in [2.75, 3.05) is 0 Å². The molecule has 0 aliphatic carbocycles. The molecule has 0 saturated heterocycles. The van der Waals surface area contributed by atoms with Crippen LogP contribution in [0.3, 0.4) is 0 Å². The topological polar surface area (TPSA) is 37.3 Å². The summed E-state index contributed by atoms with van der Waals surface area (Å²) in [6.45, 7) is 4.10. The molecule has 2 heteroatoms. The summed E-state index contributed by atoms with van der Waals surface area (Å²) in [5.41, 5.74) is 0.591. The highest BCUT2D eigenvalue weighted by molar-refractivity contribution is 5.99. The van der Waals surface area contributed by atoms with Crippen LogP contribution in [0, 0.1) is 5.92 Å². The van der Waals surface area contributed by atoms with Crippen LogP contribution in [0.15, 0.2) is 30.3 Å². The van der Waals surface area contributed by atoms with Gasteiger partial charge in [-0.1, -0.05) is 50.6 Å². The molecule has 0 heterocycles. The summed E-state index contributed by atoms with van der Waals surface area (Å²) in [5.74, 6) is 0.212. The molecular formula is C13H18O2. The van der Waals surface area contributed by atoms with Gasteiger partial charge in [-0.2, -0.15) is 0 Å². The predicted octanol–water partition coefficient (Wildman–Crippen LogP) is 2.67. The Kier molecular flexibility index (Phi) is 4.50. The second kappa shape index (κ2) is 5.66. The van der Waals surface area contributed by atoms with Crippen molar-refractivity contribution in [1.29, 1.82) is 0 Å². The summed E-state index contributed by atoms with van der Waals surface area (Å²) in [6, 6.07) is 8.95. The summed E-state index contributed by atoms with van der Waals surface area (Å²) >= 11 is 0. The van der Waals surface area contributed by atoms with Gasteiger partial charge in [0.15, 0.2) is 5.78 Å². The van der Waals surface area contributed by atoms with E-state index in [2.05, 4.69) is 6.92 Å². The zero-order valence-corrected chi connectivity index (χ0v) is 9.31. The summed E-state index contributed by atoms with van der Waals surface area (Å²) in [7, 11) is 0. The van der Waals surface area contributed by atoms with Crippen LogP contribution < -0.4 is 0 Å². The van der Waals surface area contributed by atoms with Gasteiger partial charge in [0, 0.05) is 5.56 Å². The molecule has 0 radical (unpaired) electrons. The third-order valence-corrected chi connectivity index (χ3v) is 2.68. The van der Waals surface area contributed by atoms with Crippen molar-refractivity contribution in [3.63, 3.8) is 0 Å². The van der Waals surface area contributed by atoms with E-state index in [4.69, 9.17) is 0 Å². The average Bonchev–Trinajstić information content (AvgIpc) is 2.29. The van der Waals surface area contributed by atoms with Crippen LogP contribution in [0.5, 0.6) is 0 Å². The lowest BCUT2D eigenvalue weighted by molar-refractivity contribution is 0.0697. The van der Waals surface area contributed by atoms with Gasteiger partial charge in [-0.3, -0.25) is 4.79 Å². The fraction of sp³-hybridized carbons (Fsp3) is 0.462. The van der Waals surface area contributed by atoms with Crippen molar-refractivity contribution in [2.24, 2.45) is 5.92 Å². The fourth-order valence-electron chi connectivity index (χ4n) is 1.45. The van der Waals surface area contributed by atoms with Crippen molar-refractivity contribution < 1.29 is 9.90 Å². The molecule has 0 amide bonds. The Bertz CT molecular complexity index is 306. The van der Waals surface area contributed by atoms with Crippen LogP contribution in [0.2, 0.25) is 0 Å². The van der Waals surface area contributed by atoms with Crippen molar-refractivity contribution in [1.82, 2.24) is 0 Å². The molecule has 0 fully saturated rings. The van der Waals surface area contributed by atoms with E-state index in [1.54, 1.807) is 12.1 Å². The molecule has 1 aromatic rings. The first-order valence-corrected chi connectivity index (χ1v) is 5.42. The lowest BCUT2D eigenvalue weighted by Crippen LogP contribution is -2.22. The van der Waals surface area contributed by atoms with Gasteiger partial charge in [0.2, 0.25) is 0 Å². The maximum Gasteiger partial charge on any atom is 0.191 e.